The van der Waals surface area contributed by atoms with Crippen LogP contribution < -0.4 is 10.6 Å². The Balaban J connectivity index is 1.39. The summed E-state index contributed by atoms with van der Waals surface area (Å²) < 4.78 is 5.30. The van der Waals surface area contributed by atoms with Crippen LogP contribution in [-0.4, -0.2) is 39.1 Å². The molecule has 1 aliphatic rings. The Morgan fingerprint density at radius 1 is 1.11 bits per heavy atom. The molecule has 1 aromatic carbocycles. The van der Waals surface area contributed by atoms with Crippen molar-refractivity contribution in [2.24, 2.45) is 5.92 Å². The summed E-state index contributed by atoms with van der Waals surface area (Å²) in [5.41, 5.74) is 3.19. The molecule has 2 aromatic heterocycles. The van der Waals surface area contributed by atoms with Gasteiger partial charge < -0.3 is 15.4 Å². The second kappa shape index (κ2) is 10.6. The molecule has 8 nitrogen and oxygen atoms in total. The van der Waals surface area contributed by atoms with Crippen LogP contribution in [0.1, 0.15) is 56.8 Å². The van der Waals surface area contributed by atoms with E-state index >= 15 is 0 Å². The fourth-order valence-electron chi connectivity index (χ4n) is 4.11. The molecule has 2 N–H and O–H groups in total. The van der Waals surface area contributed by atoms with Crippen LogP contribution >= 0.6 is 0 Å². The molecule has 35 heavy (non-hydrogen) atoms. The largest absolute Gasteiger partial charge is 0.444 e. The van der Waals surface area contributed by atoms with Gasteiger partial charge in [-0.05, 0) is 64.5 Å². The van der Waals surface area contributed by atoms with Crippen molar-refractivity contribution in [1.82, 2.24) is 25.6 Å². The summed E-state index contributed by atoms with van der Waals surface area (Å²) in [5, 5.41) is 6.63. The molecule has 8 heteroatoms. The number of alkyl carbamates (subject to hydrolysis) is 1. The molecule has 0 atom stereocenters. The minimum Gasteiger partial charge on any atom is -0.444 e. The summed E-state index contributed by atoms with van der Waals surface area (Å²) in [6.45, 7) is 6.15. The highest BCUT2D eigenvalue weighted by atomic mass is 16.6. The molecule has 1 saturated carbocycles. The quantitative estimate of drug-likeness (QED) is 0.539. The van der Waals surface area contributed by atoms with Crippen molar-refractivity contribution in [3.63, 3.8) is 0 Å². The second-order valence-electron chi connectivity index (χ2n) is 9.77. The zero-order valence-electron chi connectivity index (χ0n) is 20.4. The number of benzene rings is 1. The second-order valence-corrected chi connectivity index (χ2v) is 9.77. The van der Waals surface area contributed by atoms with Crippen molar-refractivity contribution in [2.45, 2.75) is 52.1 Å². The monoisotopic (exact) mass is 473 g/mol. The number of para-hydroxylation sites is 1. The summed E-state index contributed by atoms with van der Waals surface area (Å²) >= 11 is 0. The van der Waals surface area contributed by atoms with Crippen LogP contribution in [0, 0.1) is 5.92 Å². The molecule has 0 unspecified atom stereocenters. The number of carbonyl (C=O) groups excluding carboxylic acids is 2. The molecule has 0 aliphatic heterocycles. The fourth-order valence-corrected chi connectivity index (χ4v) is 4.11. The topological polar surface area (TPSA) is 106 Å². The number of hydrogen-bond acceptors (Lipinski definition) is 6. The third-order valence-corrected chi connectivity index (χ3v) is 5.88. The number of aromatic nitrogens is 3. The number of nitrogens with one attached hydrogen (secondary N) is 2. The van der Waals surface area contributed by atoms with Gasteiger partial charge in [0.05, 0.1) is 23.0 Å². The Labute approximate surface area is 205 Å². The highest BCUT2D eigenvalue weighted by Gasteiger charge is 2.21. The molecular weight excluding hydrogens is 442 g/mol. The molecule has 1 fully saturated rings. The molecule has 4 rings (SSSR count). The first-order valence-corrected chi connectivity index (χ1v) is 11.9. The number of pyridine rings is 1. The Morgan fingerprint density at radius 2 is 1.89 bits per heavy atom. The number of amides is 2. The van der Waals surface area contributed by atoms with Gasteiger partial charge in [-0.1, -0.05) is 23.8 Å². The van der Waals surface area contributed by atoms with E-state index in [1.807, 2.05) is 51.2 Å². The zero-order chi connectivity index (χ0) is 24.8. The summed E-state index contributed by atoms with van der Waals surface area (Å²) in [5.74, 6) is 0.212. The fraction of sp³-hybridized carbons (Fsp3) is 0.370. The number of hydrogen-bond donors (Lipinski definition) is 2. The molecule has 3 aromatic rings. The molecule has 2 amide bonds. The van der Waals surface area contributed by atoms with E-state index in [0.717, 1.165) is 36.6 Å². The Morgan fingerprint density at radius 3 is 2.60 bits per heavy atom. The molecule has 182 valence electrons. The van der Waals surface area contributed by atoms with Gasteiger partial charge in [0.1, 0.15) is 11.3 Å². The van der Waals surface area contributed by atoms with Gasteiger partial charge in [0.15, 0.2) is 0 Å². The lowest BCUT2D eigenvalue weighted by Crippen LogP contribution is -2.35. The lowest BCUT2D eigenvalue weighted by Gasteiger charge is -2.25. The van der Waals surface area contributed by atoms with Gasteiger partial charge >= 0.3 is 6.09 Å². The SMILES string of the molecule is CC(C)(C)OC(=O)NCC1CCC(=CNC(=O)c2cc(-c3cnccn3)nc3ccccc23)CC1. The number of rotatable bonds is 5. The zero-order valence-corrected chi connectivity index (χ0v) is 20.4. The Kier molecular flexibility index (Phi) is 7.39. The van der Waals surface area contributed by atoms with E-state index in [1.54, 1.807) is 24.7 Å². The van der Waals surface area contributed by atoms with E-state index in [2.05, 4.69) is 25.6 Å². The average molecular weight is 474 g/mol. The predicted octanol–water partition coefficient (Wildman–Crippen LogP) is 5.02. The first kappa shape index (κ1) is 24.3. The summed E-state index contributed by atoms with van der Waals surface area (Å²) in [4.78, 5) is 38.1. The first-order chi connectivity index (χ1) is 16.8. The van der Waals surface area contributed by atoms with Crippen molar-refractivity contribution >= 4 is 22.9 Å². The Bertz CT molecular complexity index is 1220. The third kappa shape index (κ3) is 6.62. The predicted molar refractivity (Wildman–Crippen MR) is 135 cm³/mol. The summed E-state index contributed by atoms with van der Waals surface area (Å²) in [6, 6.07) is 9.34. The number of nitrogens with zero attached hydrogens (tertiary/aromatic N) is 3. The van der Waals surface area contributed by atoms with E-state index in [0.29, 0.717) is 29.4 Å². The Hall–Kier alpha value is -3.81. The normalized spacial score (nSPS) is 16.0. The lowest BCUT2D eigenvalue weighted by atomic mass is 9.86. The minimum absolute atomic E-state index is 0.185. The van der Waals surface area contributed by atoms with Crippen molar-refractivity contribution in [1.29, 1.82) is 0 Å². The summed E-state index contributed by atoms with van der Waals surface area (Å²) in [7, 11) is 0. The standard InChI is InChI=1S/C27H31N5O3/c1-27(2,3)35-26(34)31-16-19-10-8-18(9-11-19)15-30-25(33)21-14-23(24-17-28-12-13-29-24)32-22-7-5-4-6-20(21)22/h4-7,12-15,17,19H,8-11,16H2,1-3H3,(H,30,33)(H,31,34). The van der Waals surface area contributed by atoms with Crippen molar-refractivity contribution in [3.05, 3.63) is 66.3 Å². The van der Waals surface area contributed by atoms with Crippen LogP contribution in [0.4, 0.5) is 4.79 Å². The van der Waals surface area contributed by atoms with E-state index in [1.165, 1.54) is 5.57 Å². The molecule has 2 heterocycles. The van der Waals surface area contributed by atoms with Crippen molar-refractivity contribution in [3.8, 4) is 11.4 Å². The molecule has 0 bridgehead atoms. The number of fused-ring (bicyclic) bond motifs is 1. The molecule has 0 saturated heterocycles. The number of carbonyl (C=O) groups is 2. The van der Waals surface area contributed by atoms with Crippen LogP contribution in [0.15, 0.2) is 60.7 Å². The highest BCUT2D eigenvalue weighted by molar-refractivity contribution is 6.07. The van der Waals surface area contributed by atoms with E-state index in [4.69, 9.17) is 4.74 Å². The van der Waals surface area contributed by atoms with Crippen molar-refractivity contribution < 1.29 is 14.3 Å². The van der Waals surface area contributed by atoms with Gasteiger partial charge in [-0.25, -0.2) is 9.78 Å². The molecule has 0 spiro atoms. The number of allylic oxidation sites excluding steroid dienone is 1. The molecule has 1 aliphatic carbocycles. The van der Waals surface area contributed by atoms with Gasteiger partial charge in [0.2, 0.25) is 0 Å². The molecule has 0 radical (unpaired) electrons. The van der Waals surface area contributed by atoms with Crippen LogP contribution in [0.5, 0.6) is 0 Å². The van der Waals surface area contributed by atoms with Gasteiger partial charge in [0, 0.05) is 30.5 Å². The van der Waals surface area contributed by atoms with Crippen LogP contribution in [-0.2, 0) is 4.74 Å². The van der Waals surface area contributed by atoms with Crippen molar-refractivity contribution in [2.75, 3.05) is 6.54 Å². The maximum atomic E-state index is 13.2. The van der Waals surface area contributed by atoms with Gasteiger partial charge in [-0.15, -0.1) is 0 Å². The smallest absolute Gasteiger partial charge is 0.407 e. The van der Waals surface area contributed by atoms with E-state index in [-0.39, 0.29) is 12.0 Å². The minimum atomic E-state index is -0.500. The van der Waals surface area contributed by atoms with Crippen LogP contribution in [0.2, 0.25) is 0 Å². The lowest BCUT2D eigenvalue weighted by molar-refractivity contribution is 0.0516. The highest BCUT2D eigenvalue weighted by Crippen LogP contribution is 2.28. The summed E-state index contributed by atoms with van der Waals surface area (Å²) in [6.07, 6.45) is 9.96. The number of ether oxygens (including phenoxy) is 1. The van der Waals surface area contributed by atoms with Crippen LogP contribution in [0.3, 0.4) is 0 Å². The third-order valence-electron chi connectivity index (χ3n) is 5.88. The van der Waals surface area contributed by atoms with Gasteiger partial charge in [-0.2, -0.15) is 0 Å². The van der Waals surface area contributed by atoms with Gasteiger partial charge in [0.25, 0.3) is 5.91 Å². The van der Waals surface area contributed by atoms with Gasteiger partial charge in [-0.3, -0.25) is 14.8 Å². The maximum Gasteiger partial charge on any atom is 0.407 e. The van der Waals surface area contributed by atoms with E-state index < -0.39 is 5.60 Å². The first-order valence-electron chi connectivity index (χ1n) is 11.9. The molecular formula is C27H31N5O3. The maximum absolute atomic E-state index is 13.2. The van der Waals surface area contributed by atoms with E-state index in [9.17, 15) is 9.59 Å². The van der Waals surface area contributed by atoms with Crippen LogP contribution in [0.25, 0.3) is 22.3 Å². The average Bonchev–Trinajstić information content (AvgIpc) is 2.85.